The number of aryl methyl sites for hydroxylation is 1. The largest absolute Gasteiger partial charge is 0.361 e. The molecule has 36 heavy (non-hydrogen) atoms. The maximum absolute atomic E-state index is 13.4. The summed E-state index contributed by atoms with van der Waals surface area (Å²) in [5.41, 5.74) is 4.20. The first-order chi connectivity index (χ1) is 17.5. The van der Waals surface area contributed by atoms with Gasteiger partial charge in [-0.3, -0.25) is 19.4 Å². The number of carbonyl (C=O) groups is 3. The predicted molar refractivity (Wildman–Crippen MR) is 138 cm³/mol. The van der Waals surface area contributed by atoms with Gasteiger partial charge in [0.15, 0.2) is 0 Å². The molecule has 1 fully saturated rings. The van der Waals surface area contributed by atoms with Crippen LogP contribution in [0.3, 0.4) is 0 Å². The summed E-state index contributed by atoms with van der Waals surface area (Å²) in [5, 5.41) is 3.96. The highest BCUT2D eigenvalue weighted by Crippen LogP contribution is 2.24. The number of hydrogen-bond donors (Lipinski definition) is 2. The summed E-state index contributed by atoms with van der Waals surface area (Å²) in [6.07, 6.45) is 5.32. The zero-order valence-electron chi connectivity index (χ0n) is 20.0. The topological polar surface area (TPSA) is 98.4 Å². The van der Waals surface area contributed by atoms with E-state index >= 15 is 0 Å². The molecule has 0 bridgehead atoms. The Morgan fingerprint density at radius 2 is 1.64 bits per heavy atom. The van der Waals surface area contributed by atoms with Crippen molar-refractivity contribution in [1.29, 1.82) is 0 Å². The van der Waals surface area contributed by atoms with Crippen molar-refractivity contribution < 1.29 is 14.4 Å². The lowest BCUT2D eigenvalue weighted by atomic mass is 10.1. The van der Waals surface area contributed by atoms with Crippen molar-refractivity contribution in [3.8, 4) is 0 Å². The van der Waals surface area contributed by atoms with E-state index in [0.717, 1.165) is 22.0 Å². The van der Waals surface area contributed by atoms with Crippen LogP contribution < -0.4 is 5.32 Å². The number of benzene rings is 2. The molecule has 3 heterocycles. The summed E-state index contributed by atoms with van der Waals surface area (Å²) < 4.78 is 0. The molecular weight excluding hydrogens is 454 g/mol. The van der Waals surface area contributed by atoms with E-state index in [1.54, 1.807) is 35.5 Å². The number of H-pyrrole nitrogens is 1. The molecule has 3 amide bonds. The van der Waals surface area contributed by atoms with Crippen molar-refractivity contribution in [3.63, 3.8) is 0 Å². The third kappa shape index (κ3) is 4.70. The van der Waals surface area contributed by atoms with E-state index in [-0.39, 0.29) is 17.7 Å². The average molecular weight is 482 g/mol. The van der Waals surface area contributed by atoms with Crippen molar-refractivity contribution in [2.24, 2.45) is 0 Å². The molecular formula is C28H27N5O3. The van der Waals surface area contributed by atoms with Gasteiger partial charge in [-0.15, -0.1) is 0 Å². The Balaban J connectivity index is 1.24. The smallest absolute Gasteiger partial charge is 0.256 e. The number of nitrogens with one attached hydrogen (secondary N) is 2. The van der Waals surface area contributed by atoms with Crippen LogP contribution in [0.25, 0.3) is 10.9 Å². The van der Waals surface area contributed by atoms with Crippen LogP contribution in [0.2, 0.25) is 0 Å². The first-order valence-corrected chi connectivity index (χ1v) is 11.9. The van der Waals surface area contributed by atoms with Crippen molar-refractivity contribution >= 4 is 34.3 Å². The lowest BCUT2D eigenvalue weighted by molar-refractivity contribution is -0.131. The lowest BCUT2D eigenvalue weighted by Crippen LogP contribution is -2.51. The molecule has 1 aliphatic heterocycles. The van der Waals surface area contributed by atoms with Crippen molar-refractivity contribution in [2.75, 3.05) is 31.5 Å². The minimum atomic E-state index is -0.298. The predicted octanol–water partition coefficient (Wildman–Crippen LogP) is 3.65. The second-order valence-electron chi connectivity index (χ2n) is 8.90. The number of aromatic nitrogens is 2. The number of hydrogen-bond acceptors (Lipinski definition) is 4. The van der Waals surface area contributed by atoms with Crippen LogP contribution in [0.15, 0.2) is 73.2 Å². The summed E-state index contributed by atoms with van der Waals surface area (Å²) in [5.74, 6) is -0.409. The molecule has 1 saturated heterocycles. The van der Waals surface area contributed by atoms with Gasteiger partial charge in [0, 0.05) is 61.2 Å². The Bertz CT molecular complexity index is 1420. The van der Waals surface area contributed by atoms with Gasteiger partial charge >= 0.3 is 0 Å². The second kappa shape index (κ2) is 10.0. The van der Waals surface area contributed by atoms with Crippen LogP contribution >= 0.6 is 0 Å². The zero-order chi connectivity index (χ0) is 25.1. The molecule has 0 atom stereocenters. The number of anilines is 1. The van der Waals surface area contributed by atoms with Gasteiger partial charge in [0.1, 0.15) is 0 Å². The number of piperazine rings is 1. The van der Waals surface area contributed by atoms with Crippen molar-refractivity contribution in [2.45, 2.75) is 13.3 Å². The SMILES string of the molecule is Cc1cccc(C(=O)N2CCN(C(=O)Cc3c[nH]c4ccccc34)CC2)c1NC(=O)c1ccncc1. The van der Waals surface area contributed by atoms with Gasteiger partial charge in [0.2, 0.25) is 5.91 Å². The van der Waals surface area contributed by atoms with Gasteiger partial charge in [-0.05, 0) is 42.3 Å². The molecule has 2 aromatic carbocycles. The Labute approximate surface area is 208 Å². The van der Waals surface area contributed by atoms with Gasteiger partial charge in [-0.2, -0.15) is 0 Å². The summed E-state index contributed by atoms with van der Waals surface area (Å²) in [7, 11) is 0. The van der Waals surface area contributed by atoms with Crippen LogP contribution in [-0.2, 0) is 11.2 Å². The molecule has 0 aliphatic carbocycles. The first-order valence-electron chi connectivity index (χ1n) is 11.9. The fraction of sp³-hybridized carbons (Fsp3) is 0.214. The van der Waals surface area contributed by atoms with Gasteiger partial charge in [0.25, 0.3) is 11.8 Å². The maximum atomic E-state index is 13.4. The number of para-hydroxylation sites is 2. The number of pyridine rings is 1. The number of carbonyl (C=O) groups excluding carboxylic acids is 3. The molecule has 5 rings (SSSR count). The van der Waals surface area contributed by atoms with Crippen LogP contribution in [0.4, 0.5) is 5.69 Å². The fourth-order valence-electron chi connectivity index (χ4n) is 4.58. The Hall–Kier alpha value is -4.46. The van der Waals surface area contributed by atoms with E-state index in [9.17, 15) is 14.4 Å². The molecule has 8 heteroatoms. The standard InChI is InChI=1S/C28H27N5O3/c1-19-5-4-7-23(26(19)31-27(35)20-9-11-29-12-10-20)28(36)33-15-13-32(14-16-33)25(34)17-21-18-30-24-8-3-2-6-22(21)24/h2-12,18,30H,13-17H2,1H3,(H,31,35). The monoisotopic (exact) mass is 481 g/mol. The quantitative estimate of drug-likeness (QED) is 0.455. The molecule has 0 radical (unpaired) electrons. The molecule has 1 aliphatic rings. The third-order valence-corrected chi connectivity index (χ3v) is 6.62. The number of rotatable bonds is 5. The molecule has 8 nitrogen and oxygen atoms in total. The highest BCUT2D eigenvalue weighted by Gasteiger charge is 2.27. The number of amides is 3. The first kappa shape index (κ1) is 23.3. The van der Waals surface area contributed by atoms with E-state index < -0.39 is 0 Å². The molecule has 182 valence electrons. The summed E-state index contributed by atoms with van der Waals surface area (Å²) >= 11 is 0. The number of fused-ring (bicyclic) bond motifs is 1. The maximum Gasteiger partial charge on any atom is 0.256 e. The van der Waals surface area contributed by atoms with Crippen molar-refractivity contribution in [3.05, 3.63) is 95.4 Å². The minimum absolute atomic E-state index is 0.0488. The third-order valence-electron chi connectivity index (χ3n) is 6.62. The number of aromatic amines is 1. The summed E-state index contributed by atoms with van der Waals surface area (Å²) in [6, 6.07) is 16.6. The van der Waals surface area contributed by atoms with Gasteiger partial charge in [-0.25, -0.2) is 0 Å². The summed E-state index contributed by atoms with van der Waals surface area (Å²) in [6.45, 7) is 3.67. The van der Waals surface area contributed by atoms with E-state index in [1.807, 2.05) is 54.4 Å². The number of nitrogens with zero attached hydrogens (tertiary/aromatic N) is 3. The van der Waals surface area contributed by atoms with E-state index in [2.05, 4.69) is 15.3 Å². The van der Waals surface area contributed by atoms with Crippen molar-refractivity contribution in [1.82, 2.24) is 19.8 Å². The highest BCUT2D eigenvalue weighted by molar-refractivity contribution is 6.09. The van der Waals surface area contributed by atoms with Crippen LogP contribution in [0.5, 0.6) is 0 Å². The van der Waals surface area contributed by atoms with Gasteiger partial charge < -0.3 is 20.1 Å². The second-order valence-corrected chi connectivity index (χ2v) is 8.90. The lowest BCUT2D eigenvalue weighted by Gasteiger charge is -2.35. The summed E-state index contributed by atoms with van der Waals surface area (Å²) in [4.78, 5) is 49.8. The molecule has 4 aromatic rings. The normalized spacial score (nSPS) is 13.6. The zero-order valence-corrected chi connectivity index (χ0v) is 20.0. The average Bonchev–Trinajstić information content (AvgIpc) is 3.32. The Morgan fingerprint density at radius 3 is 2.42 bits per heavy atom. The highest BCUT2D eigenvalue weighted by atomic mass is 16.2. The van der Waals surface area contributed by atoms with E-state index in [1.165, 1.54) is 0 Å². The molecule has 2 aromatic heterocycles. The fourth-order valence-corrected chi connectivity index (χ4v) is 4.58. The minimum Gasteiger partial charge on any atom is -0.361 e. The molecule has 0 spiro atoms. The van der Waals surface area contributed by atoms with Crippen LogP contribution in [0, 0.1) is 6.92 Å². The molecule has 0 unspecified atom stereocenters. The Morgan fingerprint density at radius 1 is 0.917 bits per heavy atom. The van der Waals surface area contributed by atoms with E-state index in [0.29, 0.717) is 49.4 Å². The van der Waals surface area contributed by atoms with Crippen LogP contribution in [-0.4, -0.2) is 63.7 Å². The van der Waals surface area contributed by atoms with Gasteiger partial charge in [-0.1, -0.05) is 30.3 Å². The molecule has 2 N–H and O–H groups in total. The van der Waals surface area contributed by atoms with Crippen LogP contribution in [0.1, 0.15) is 31.8 Å². The Kier molecular flexibility index (Phi) is 6.49. The van der Waals surface area contributed by atoms with Gasteiger partial charge in [0.05, 0.1) is 17.7 Å². The van der Waals surface area contributed by atoms with E-state index in [4.69, 9.17) is 0 Å². The molecule has 0 saturated carbocycles.